The van der Waals surface area contributed by atoms with Crippen molar-refractivity contribution >= 4 is 5.82 Å². The van der Waals surface area contributed by atoms with Gasteiger partial charge in [0.2, 0.25) is 0 Å². The SMILES string of the molecule is CC#CCn1cncc1-c1ccnc(N)c1. The zero-order valence-electron chi connectivity index (χ0n) is 9.01. The van der Waals surface area contributed by atoms with Gasteiger partial charge in [0.25, 0.3) is 0 Å². The van der Waals surface area contributed by atoms with Crippen molar-refractivity contribution in [3.05, 3.63) is 30.9 Å². The maximum Gasteiger partial charge on any atom is 0.123 e. The van der Waals surface area contributed by atoms with Crippen LogP contribution in [0.3, 0.4) is 0 Å². The van der Waals surface area contributed by atoms with Gasteiger partial charge in [0.1, 0.15) is 5.82 Å². The van der Waals surface area contributed by atoms with Gasteiger partial charge in [-0.2, -0.15) is 0 Å². The van der Waals surface area contributed by atoms with Crippen LogP contribution in [0.1, 0.15) is 6.92 Å². The molecule has 4 nitrogen and oxygen atoms in total. The summed E-state index contributed by atoms with van der Waals surface area (Å²) in [6.45, 7) is 2.45. The highest BCUT2D eigenvalue weighted by Crippen LogP contribution is 2.19. The summed E-state index contributed by atoms with van der Waals surface area (Å²) in [6.07, 6.45) is 5.25. The first-order chi connectivity index (χ1) is 7.81. The number of nitrogens with two attached hydrogens (primary N) is 1. The molecule has 0 aliphatic rings. The molecule has 0 aromatic carbocycles. The minimum atomic E-state index is 0.506. The molecule has 0 amide bonds. The van der Waals surface area contributed by atoms with E-state index in [1.54, 1.807) is 18.7 Å². The molecule has 2 heterocycles. The lowest BCUT2D eigenvalue weighted by Crippen LogP contribution is -1.97. The van der Waals surface area contributed by atoms with Crippen LogP contribution in [0.2, 0.25) is 0 Å². The van der Waals surface area contributed by atoms with Gasteiger partial charge in [-0.25, -0.2) is 9.97 Å². The van der Waals surface area contributed by atoms with E-state index in [4.69, 9.17) is 5.73 Å². The van der Waals surface area contributed by atoms with Gasteiger partial charge in [-0.1, -0.05) is 5.92 Å². The molecule has 0 aliphatic heterocycles. The Balaban J connectivity index is 2.39. The Hall–Kier alpha value is -2.28. The van der Waals surface area contributed by atoms with Crippen LogP contribution >= 0.6 is 0 Å². The number of imidazole rings is 1. The molecule has 0 saturated heterocycles. The zero-order valence-corrected chi connectivity index (χ0v) is 9.01. The van der Waals surface area contributed by atoms with Crippen molar-refractivity contribution in [2.45, 2.75) is 13.5 Å². The Kier molecular flexibility index (Phi) is 2.88. The Morgan fingerprint density at radius 1 is 1.50 bits per heavy atom. The van der Waals surface area contributed by atoms with E-state index in [0.29, 0.717) is 12.4 Å². The number of hydrogen-bond donors (Lipinski definition) is 1. The number of hydrogen-bond acceptors (Lipinski definition) is 3. The summed E-state index contributed by atoms with van der Waals surface area (Å²) in [7, 11) is 0. The van der Waals surface area contributed by atoms with E-state index in [9.17, 15) is 0 Å². The van der Waals surface area contributed by atoms with Gasteiger partial charge < -0.3 is 10.3 Å². The second-order valence-corrected chi connectivity index (χ2v) is 3.30. The molecule has 0 aliphatic carbocycles. The smallest absolute Gasteiger partial charge is 0.123 e. The predicted octanol–water partition coefficient (Wildman–Crippen LogP) is 1.55. The van der Waals surface area contributed by atoms with E-state index >= 15 is 0 Å². The van der Waals surface area contributed by atoms with Crippen LogP contribution in [-0.2, 0) is 6.54 Å². The maximum absolute atomic E-state index is 5.65. The van der Waals surface area contributed by atoms with Crippen molar-refractivity contribution < 1.29 is 0 Å². The maximum atomic E-state index is 5.65. The number of nitrogens with zero attached hydrogens (tertiary/aromatic N) is 3. The third kappa shape index (κ3) is 2.04. The molecule has 0 saturated carbocycles. The van der Waals surface area contributed by atoms with Crippen molar-refractivity contribution in [1.82, 2.24) is 14.5 Å². The molecule has 0 atom stereocenters. The van der Waals surface area contributed by atoms with Crippen molar-refractivity contribution in [2.24, 2.45) is 0 Å². The Bertz CT molecular complexity index is 545. The lowest BCUT2D eigenvalue weighted by atomic mass is 10.2. The first kappa shape index (κ1) is 10.2. The molecule has 2 aromatic rings. The van der Waals surface area contributed by atoms with Crippen LogP contribution in [0, 0.1) is 11.8 Å². The molecular formula is C12H12N4. The molecule has 0 fully saturated rings. The van der Waals surface area contributed by atoms with Gasteiger partial charge >= 0.3 is 0 Å². The van der Waals surface area contributed by atoms with Crippen molar-refractivity contribution in [1.29, 1.82) is 0 Å². The van der Waals surface area contributed by atoms with E-state index in [1.165, 1.54) is 0 Å². The fourth-order valence-corrected chi connectivity index (χ4v) is 1.46. The molecule has 80 valence electrons. The zero-order chi connectivity index (χ0) is 11.4. The molecular weight excluding hydrogens is 200 g/mol. The first-order valence-corrected chi connectivity index (χ1v) is 4.93. The second-order valence-electron chi connectivity index (χ2n) is 3.30. The van der Waals surface area contributed by atoms with E-state index in [0.717, 1.165) is 11.3 Å². The highest BCUT2D eigenvalue weighted by molar-refractivity contribution is 5.61. The fourth-order valence-electron chi connectivity index (χ4n) is 1.46. The molecule has 0 spiro atoms. The molecule has 2 rings (SSSR count). The van der Waals surface area contributed by atoms with Crippen LogP contribution in [0.15, 0.2) is 30.9 Å². The van der Waals surface area contributed by atoms with Gasteiger partial charge in [0, 0.05) is 11.8 Å². The van der Waals surface area contributed by atoms with Gasteiger partial charge in [0.05, 0.1) is 24.8 Å². The number of pyridine rings is 1. The number of anilines is 1. The van der Waals surface area contributed by atoms with E-state index in [-0.39, 0.29) is 0 Å². The minimum absolute atomic E-state index is 0.506. The lowest BCUT2D eigenvalue weighted by Gasteiger charge is -2.04. The molecule has 2 N–H and O–H groups in total. The second kappa shape index (κ2) is 4.49. The average Bonchev–Trinajstić information content (AvgIpc) is 2.74. The monoisotopic (exact) mass is 212 g/mol. The molecule has 4 heteroatoms. The summed E-state index contributed by atoms with van der Waals surface area (Å²) in [5, 5.41) is 0. The highest BCUT2D eigenvalue weighted by Gasteiger charge is 2.04. The number of nitrogen functional groups attached to an aromatic ring is 1. The molecule has 0 radical (unpaired) electrons. The lowest BCUT2D eigenvalue weighted by molar-refractivity contribution is 0.847. The third-order valence-electron chi connectivity index (χ3n) is 2.22. The van der Waals surface area contributed by atoms with Gasteiger partial charge in [-0.05, 0) is 19.1 Å². The summed E-state index contributed by atoms with van der Waals surface area (Å²) >= 11 is 0. The summed E-state index contributed by atoms with van der Waals surface area (Å²) in [6, 6.07) is 3.73. The Morgan fingerprint density at radius 3 is 3.12 bits per heavy atom. The summed E-state index contributed by atoms with van der Waals surface area (Å²) < 4.78 is 1.98. The van der Waals surface area contributed by atoms with Crippen molar-refractivity contribution in [3.8, 4) is 23.1 Å². The standard InChI is InChI=1S/C12H12N4/c1-2-3-6-16-9-14-8-11(16)10-4-5-15-12(13)7-10/h4-5,7-9H,6H2,1H3,(H2,13,15). The van der Waals surface area contributed by atoms with Gasteiger partial charge in [0.15, 0.2) is 0 Å². The normalized spacial score (nSPS) is 9.56. The van der Waals surface area contributed by atoms with Crippen molar-refractivity contribution in [2.75, 3.05) is 5.73 Å². The van der Waals surface area contributed by atoms with E-state index < -0.39 is 0 Å². The van der Waals surface area contributed by atoms with E-state index in [1.807, 2.05) is 23.6 Å². The number of aromatic nitrogens is 3. The third-order valence-corrected chi connectivity index (χ3v) is 2.22. The Labute approximate surface area is 94.1 Å². The predicted molar refractivity (Wildman–Crippen MR) is 63.3 cm³/mol. The summed E-state index contributed by atoms with van der Waals surface area (Å²) in [5.74, 6) is 6.37. The largest absolute Gasteiger partial charge is 0.384 e. The molecule has 0 bridgehead atoms. The topological polar surface area (TPSA) is 56.7 Å². The molecule has 0 unspecified atom stereocenters. The van der Waals surface area contributed by atoms with Crippen LogP contribution in [0.25, 0.3) is 11.3 Å². The van der Waals surface area contributed by atoms with Crippen LogP contribution < -0.4 is 5.73 Å². The van der Waals surface area contributed by atoms with Gasteiger partial charge in [-0.3, -0.25) is 0 Å². The summed E-state index contributed by atoms with van der Waals surface area (Å²) in [4.78, 5) is 8.08. The number of rotatable bonds is 2. The molecule has 2 aromatic heterocycles. The van der Waals surface area contributed by atoms with Crippen LogP contribution in [-0.4, -0.2) is 14.5 Å². The van der Waals surface area contributed by atoms with E-state index in [2.05, 4.69) is 21.8 Å². The van der Waals surface area contributed by atoms with Crippen molar-refractivity contribution in [3.63, 3.8) is 0 Å². The average molecular weight is 212 g/mol. The quantitative estimate of drug-likeness (QED) is 0.768. The Morgan fingerprint density at radius 2 is 2.38 bits per heavy atom. The van der Waals surface area contributed by atoms with Crippen LogP contribution in [0.5, 0.6) is 0 Å². The van der Waals surface area contributed by atoms with Gasteiger partial charge in [-0.15, -0.1) is 5.92 Å². The molecule has 16 heavy (non-hydrogen) atoms. The minimum Gasteiger partial charge on any atom is -0.384 e. The highest BCUT2D eigenvalue weighted by atomic mass is 15.0. The first-order valence-electron chi connectivity index (χ1n) is 4.93. The summed E-state index contributed by atoms with van der Waals surface area (Å²) in [5.41, 5.74) is 7.65. The fraction of sp³-hybridized carbons (Fsp3) is 0.167. The van der Waals surface area contributed by atoms with Crippen LogP contribution in [0.4, 0.5) is 5.82 Å².